The van der Waals surface area contributed by atoms with Crippen LogP contribution in [0.4, 0.5) is 10.1 Å². The number of thioether (sulfide) groups is 1. The van der Waals surface area contributed by atoms with E-state index in [0.29, 0.717) is 35.1 Å². The summed E-state index contributed by atoms with van der Waals surface area (Å²) in [7, 11) is 1.61. The Bertz CT molecular complexity index is 1170. The fourth-order valence-corrected chi connectivity index (χ4v) is 5.31. The first kappa shape index (κ1) is 25.5. The minimum absolute atomic E-state index is 0.113. The van der Waals surface area contributed by atoms with Gasteiger partial charge in [-0.3, -0.25) is 9.79 Å². The average Bonchev–Trinajstić information content (AvgIpc) is 2.73. The third kappa shape index (κ3) is 5.66. The van der Waals surface area contributed by atoms with Gasteiger partial charge < -0.3 is 20.5 Å². The number of nitrogens with zero attached hydrogens (tertiary/aromatic N) is 3. The van der Waals surface area contributed by atoms with Crippen LogP contribution in [0.1, 0.15) is 48.9 Å². The number of anilines is 1. The van der Waals surface area contributed by atoms with Crippen molar-refractivity contribution in [3.8, 4) is 18.2 Å². The molecule has 0 aliphatic carbocycles. The Kier molecular flexibility index (Phi) is 7.48. The molecule has 0 bridgehead atoms. The minimum atomic E-state index is -0.935. The highest BCUT2D eigenvalue weighted by atomic mass is 32.2. The minimum Gasteiger partial charge on any atom is -0.460 e. The quantitative estimate of drug-likeness (QED) is 0.576. The molecule has 8 nitrogen and oxygen atoms in total. The van der Waals surface area contributed by atoms with Crippen molar-refractivity contribution in [2.24, 2.45) is 10.7 Å². The first-order valence-corrected chi connectivity index (χ1v) is 11.4. The number of aromatic nitrogens is 2. The van der Waals surface area contributed by atoms with E-state index < -0.39 is 23.4 Å². The Labute approximate surface area is 202 Å². The van der Waals surface area contributed by atoms with Crippen molar-refractivity contribution < 1.29 is 18.7 Å². The van der Waals surface area contributed by atoms with Gasteiger partial charge in [0.05, 0.1) is 24.0 Å². The number of nitrogens with two attached hydrogens (primary N) is 1. The molecule has 3 N–H and O–H groups in total. The number of methoxy groups -OCH3 is 1. The molecule has 180 valence electrons. The molecule has 0 radical (unpaired) electrons. The van der Waals surface area contributed by atoms with Gasteiger partial charge in [0.1, 0.15) is 11.5 Å². The van der Waals surface area contributed by atoms with Gasteiger partial charge in [0.15, 0.2) is 11.3 Å². The lowest BCUT2D eigenvalue weighted by atomic mass is 9.83. The normalized spacial score (nSPS) is 22.9. The lowest BCUT2D eigenvalue weighted by Crippen LogP contribution is -2.43. The van der Waals surface area contributed by atoms with Crippen molar-refractivity contribution in [2.75, 3.05) is 19.0 Å². The Morgan fingerprint density at radius 2 is 2.18 bits per heavy atom. The maximum absolute atomic E-state index is 15.0. The van der Waals surface area contributed by atoms with Crippen LogP contribution in [-0.4, -0.2) is 45.6 Å². The molecule has 10 heteroatoms. The average molecular weight is 486 g/mol. The summed E-state index contributed by atoms with van der Waals surface area (Å²) in [5.74, 6) is 1.72. The monoisotopic (exact) mass is 485 g/mol. The van der Waals surface area contributed by atoms with Gasteiger partial charge in [-0.1, -0.05) is 17.7 Å². The van der Waals surface area contributed by atoms with E-state index in [1.54, 1.807) is 27.0 Å². The van der Waals surface area contributed by atoms with Crippen LogP contribution in [0.5, 0.6) is 5.88 Å². The fraction of sp³-hybridized carbons (Fsp3) is 0.417. The third-order valence-electron chi connectivity index (χ3n) is 5.35. The van der Waals surface area contributed by atoms with E-state index in [1.807, 2.05) is 13.8 Å². The van der Waals surface area contributed by atoms with Crippen LogP contribution >= 0.6 is 11.8 Å². The standard InChI is InChI=1S/C24H28FN5O3S/c1-7-14(2)33-19-11-27-20(15(3)28-19)21(31)29-16-8-9-18(25)17(10-16)24(5)12-23(4,13-32-6)34-22(26)30-24/h1,8-11,14H,12-13H2,2-6H3,(H2,26,30)(H,29,31)/t14-,23+,24-/m0/s1. The van der Waals surface area contributed by atoms with E-state index in [9.17, 15) is 9.18 Å². The smallest absolute Gasteiger partial charge is 0.276 e. The van der Waals surface area contributed by atoms with Crippen molar-refractivity contribution in [3.05, 3.63) is 47.2 Å². The molecule has 0 fully saturated rings. The number of aliphatic imine (C=N–C) groups is 1. The molecule has 1 aromatic carbocycles. The highest BCUT2D eigenvalue weighted by Gasteiger charge is 2.43. The summed E-state index contributed by atoms with van der Waals surface area (Å²) in [6.45, 7) is 7.59. The number of halogens is 1. The fourth-order valence-electron chi connectivity index (χ4n) is 4.02. The summed E-state index contributed by atoms with van der Waals surface area (Å²) in [4.78, 5) is 25.8. The number of carbonyl (C=O) groups is 1. The van der Waals surface area contributed by atoms with Crippen molar-refractivity contribution in [1.82, 2.24) is 9.97 Å². The number of amidine groups is 1. The number of nitrogens with one attached hydrogen (secondary N) is 1. The van der Waals surface area contributed by atoms with Crippen molar-refractivity contribution in [2.45, 2.75) is 50.5 Å². The molecule has 34 heavy (non-hydrogen) atoms. The largest absolute Gasteiger partial charge is 0.460 e. The van der Waals surface area contributed by atoms with Gasteiger partial charge >= 0.3 is 0 Å². The second-order valence-electron chi connectivity index (χ2n) is 8.60. The number of amides is 1. The van der Waals surface area contributed by atoms with Gasteiger partial charge in [0.2, 0.25) is 5.88 Å². The molecule has 2 aromatic rings. The number of carbonyl (C=O) groups excluding carboxylic acids is 1. The summed E-state index contributed by atoms with van der Waals surface area (Å²) in [5, 5.41) is 3.12. The summed E-state index contributed by atoms with van der Waals surface area (Å²) < 4.78 is 25.4. The maximum Gasteiger partial charge on any atom is 0.276 e. The number of terminal acetylenes is 1. The van der Waals surface area contributed by atoms with Crippen LogP contribution in [0.25, 0.3) is 0 Å². The third-order valence-corrected chi connectivity index (χ3v) is 6.41. The van der Waals surface area contributed by atoms with E-state index in [4.69, 9.17) is 21.6 Å². The van der Waals surface area contributed by atoms with Gasteiger partial charge in [-0.2, -0.15) is 0 Å². The van der Waals surface area contributed by atoms with Gasteiger partial charge in [0, 0.05) is 23.1 Å². The van der Waals surface area contributed by atoms with Crippen molar-refractivity contribution >= 4 is 28.5 Å². The first-order chi connectivity index (χ1) is 16.0. The van der Waals surface area contributed by atoms with E-state index in [2.05, 4.69) is 26.2 Å². The molecular formula is C24H28FN5O3S. The summed E-state index contributed by atoms with van der Waals surface area (Å²) >= 11 is 1.41. The van der Waals surface area contributed by atoms with Crippen molar-refractivity contribution in [1.29, 1.82) is 0 Å². The molecule has 3 atom stereocenters. The lowest BCUT2D eigenvalue weighted by Gasteiger charge is -2.41. The van der Waals surface area contributed by atoms with Crippen LogP contribution < -0.4 is 15.8 Å². The molecule has 0 saturated heterocycles. The Hall–Kier alpha value is -3.16. The zero-order valence-corrected chi connectivity index (χ0v) is 20.6. The zero-order chi connectivity index (χ0) is 25.1. The SMILES string of the molecule is C#C[C@H](C)Oc1cnc(C(=O)Nc2ccc(F)c([C@]3(C)C[C@](C)(COC)SC(N)=N3)c2)c(C)n1. The van der Waals surface area contributed by atoms with Gasteiger partial charge in [-0.05, 0) is 52.3 Å². The summed E-state index contributed by atoms with van der Waals surface area (Å²) in [5.41, 5.74) is 6.36. The van der Waals surface area contributed by atoms with Crippen LogP contribution in [-0.2, 0) is 10.3 Å². The highest BCUT2D eigenvalue weighted by Crippen LogP contribution is 2.46. The summed E-state index contributed by atoms with van der Waals surface area (Å²) in [6.07, 6.45) is 6.66. The second-order valence-corrected chi connectivity index (χ2v) is 10.2. The molecule has 1 aliphatic rings. The number of rotatable bonds is 7. The second kappa shape index (κ2) is 9.99. The molecule has 1 aliphatic heterocycles. The lowest BCUT2D eigenvalue weighted by molar-refractivity contribution is 0.102. The Morgan fingerprint density at radius 3 is 2.82 bits per heavy atom. The predicted molar refractivity (Wildman–Crippen MR) is 132 cm³/mol. The molecule has 0 saturated carbocycles. The Balaban J connectivity index is 1.86. The number of hydrogen-bond acceptors (Lipinski definition) is 8. The highest BCUT2D eigenvalue weighted by molar-refractivity contribution is 8.15. The van der Waals surface area contributed by atoms with Gasteiger partial charge in [-0.15, -0.1) is 6.42 Å². The first-order valence-electron chi connectivity index (χ1n) is 10.6. The van der Waals surface area contributed by atoms with Crippen molar-refractivity contribution in [3.63, 3.8) is 0 Å². The van der Waals surface area contributed by atoms with Crippen LogP contribution in [0.15, 0.2) is 29.4 Å². The van der Waals surface area contributed by atoms with Crippen LogP contribution in [0, 0.1) is 25.1 Å². The number of benzene rings is 1. The van der Waals surface area contributed by atoms with Gasteiger partial charge in [-0.25, -0.2) is 14.4 Å². The summed E-state index contributed by atoms with van der Waals surface area (Å²) in [6, 6.07) is 4.35. The molecule has 2 heterocycles. The molecular weight excluding hydrogens is 457 g/mol. The molecule has 1 amide bonds. The maximum atomic E-state index is 15.0. The van der Waals surface area contributed by atoms with Crippen LogP contribution in [0.3, 0.4) is 0 Å². The van der Waals surface area contributed by atoms with E-state index >= 15 is 0 Å². The number of hydrogen-bond donors (Lipinski definition) is 2. The molecule has 1 aromatic heterocycles. The van der Waals surface area contributed by atoms with Crippen LogP contribution in [0.2, 0.25) is 0 Å². The molecule has 0 unspecified atom stereocenters. The zero-order valence-electron chi connectivity index (χ0n) is 19.8. The van der Waals surface area contributed by atoms with E-state index in [0.717, 1.165) is 0 Å². The number of aryl methyl sites for hydroxylation is 1. The molecule has 3 rings (SSSR count). The van der Waals surface area contributed by atoms with E-state index in [-0.39, 0.29) is 16.3 Å². The number of ether oxygens (including phenoxy) is 2. The van der Waals surface area contributed by atoms with Gasteiger partial charge in [0.25, 0.3) is 5.91 Å². The topological polar surface area (TPSA) is 112 Å². The van der Waals surface area contributed by atoms with E-state index in [1.165, 1.54) is 30.1 Å². The predicted octanol–water partition coefficient (Wildman–Crippen LogP) is 3.65. The Morgan fingerprint density at radius 1 is 1.44 bits per heavy atom. The molecule has 0 spiro atoms.